The molecule has 0 radical (unpaired) electrons. The minimum absolute atomic E-state index is 0.00433. The van der Waals surface area contributed by atoms with E-state index in [0.717, 1.165) is 5.56 Å². The molecule has 0 aromatic carbocycles. The summed E-state index contributed by atoms with van der Waals surface area (Å²) >= 11 is 1.28. The van der Waals surface area contributed by atoms with Gasteiger partial charge >= 0.3 is 0 Å². The Hall–Kier alpha value is -2.09. The number of nitrogens with two attached hydrogens (primary N) is 1. The third-order valence-electron chi connectivity index (χ3n) is 3.63. The van der Waals surface area contributed by atoms with Crippen molar-refractivity contribution in [3.05, 3.63) is 24.5 Å². The number of pyridine rings is 1. The summed E-state index contributed by atoms with van der Waals surface area (Å²) in [7, 11) is 0. The van der Waals surface area contributed by atoms with E-state index in [1.54, 1.807) is 12.4 Å². The highest BCUT2D eigenvalue weighted by molar-refractivity contribution is 7.99. The number of amides is 1. The van der Waals surface area contributed by atoms with Gasteiger partial charge in [-0.15, -0.1) is 10.2 Å². The van der Waals surface area contributed by atoms with Gasteiger partial charge < -0.3 is 11.2 Å². The molecule has 1 amide bonds. The van der Waals surface area contributed by atoms with Crippen molar-refractivity contribution in [2.45, 2.75) is 31.0 Å². The van der Waals surface area contributed by atoms with Crippen LogP contribution in [-0.2, 0) is 4.79 Å². The van der Waals surface area contributed by atoms with Crippen molar-refractivity contribution in [2.75, 3.05) is 11.6 Å². The normalized spacial score (nSPS) is 15.5. The van der Waals surface area contributed by atoms with Crippen LogP contribution < -0.4 is 11.2 Å². The van der Waals surface area contributed by atoms with Crippen molar-refractivity contribution in [1.82, 2.24) is 25.2 Å². The second kappa shape index (κ2) is 6.35. The van der Waals surface area contributed by atoms with E-state index in [9.17, 15) is 4.79 Å². The Labute approximate surface area is 132 Å². The molecule has 0 saturated heterocycles. The number of carbonyl (C=O) groups is 1. The predicted octanol–water partition coefficient (Wildman–Crippen LogP) is 1.06. The maximum absolute atomic E-state index is 11.9. The highest BCUT2D eigenvalue weighted by Gasteiger charge is 2.28. The number of nitrogen functional groups attached to an aromatic ring is 1. The molecule has 2 aromatic heterocycles. The van der Waals surface area contributed by atoms with Gasteiger partial charge in [0.2, 0.25) is 11.1 Å². The van der Waals surface area contributed by atoms with E-state index in [1.165, 1.54) is 29.3 Å². The van der Waals surface area contributed by atoms with Crippen LogP contribution in [0, 0.1) is 5.92 Å². The van der Waals surface area contributed by atoms with Gasteiger partial charge in [0, 0.05) is 24.0 Å². The number of nitrogens with zero attached hydrogens (tertiary/aromatic N) is 4. The fourth-order valence-electron chi connectivity index (χ4n) is 2.21. The molecule has 8 heteroatoms. The molecule has 0 unspecified atom stereocenters. The van der Waals surface area contributed by atoms with Gasteiger partial charge in [0.1, 0.15) is 0 Å². The van der Waals surface area contributed by atoms with Crippen LogP contribution in [0.5, 0.6) is 0 Å². The average Bonchev–Trinajstić information content (AvgIpc) is 3.31. The molecule has 1 aliphatic rings. The molecule has 3 rings (SSSR count). The topological polar surface area (TPSA) is 98.7 Å². The van der Waals surface area contributed by atoms with Crippen LogP contribution in [-0.4, -0.2) is 37.6 Å². The first-order valence-corrected chi connectivity index (χ1v) is 8.16. The van der Waals surface area contributed by atoms with Gasteiger partial charge in [-0.3, -0.25) is 9.78 Å². The Bertz CT molecular complexity index is 655. The Balaban J connectivity index is 1.59. The number of aromatic nitrogens is 4. The van der Waals surface area contributed by atoms with E-state index in [4.69, 9.17) is 5.84 Å². The predicted molar refractivity (Wildman–Crippen MR) is 84.5 cm³/mol. The minimum atomic E-state index is -0.00433. The van der Waals surface area contributed by atoms with E-state index in [0.29, 0.717) is 16.9 Å². The summed E-state index contributed by atoms with van der Waals surface area (Å²) < 4.78 is 1.39. The van der Waals surface area contributed by atoms with Crippen molar-refractivity contribution in [3.8, 4) is 11.4 Å². The fraction of sp³-hybridized carbons (Fsp3) is 0.429. The van der Waals surface area contributed by atoms with Crippen LogP contribution in [0.1, 0.15) is 19.8 Å². The summed E-state index contributed by atoms with van der Waals surface area (Å²) in [5.74, 6) is 7.44. The number of rotatable bonds is 6. The minimum Gasteiger partial charge on any atom is -0.353 e. The molecule has 7 nitrogen and oxygen atoms in total. The number of hydrogen-bond donors (Lipinski definition) is 2. The van der Waals surface area contributed by atoms with Gasteiger partial charge in [0.05, 0.1) is 5.75 Å². The van der Waals surface area contributed by atoms with Crippen LogP contribution in [0.4, 0.5) is 0 Å². The van der Waals surface area contributed by atoms with Crippen LogP contribution in [0.2, 0.25) is 0 Å². The van der Waals surface area contributed by atoms with E-state index < -0.39 is 0 Å². The number of nitrogens with one attached hydrogen (secondary N) is 1. The average molecular weight is 318 g/mol. The molecule has 116 valence electrons. The van der Waals surface area contributed by atoms with Crippen LogP contribution in [0.15, 0.2) is 29.7 Å². The van der Waals surface area contributed by atoms with Crippen molar-refractivity contribution in [3.63, 3.8) is 0 Å². The zero-order chi connectivity index (χ0) is 15.5. The monoisotopic (exact) mass is 318 g/mol. The van der Waals surface area contributed by atoms with Crippen molar-refractivity contribution in [2.24, 2.45) is 5.92 Å². The first-order valence-electron chi connectivity index (χ1n) is 7.18. The van der Waals surface area contributed by atoms with Gasteiger partial charge in [-0.25, -0.2) is 4.68 Å². The number of thioether (sulfide) groups is 1. The molecule has 1 aliphatic carbocycles. The summed E-state index contributed by atoms with van der Waals surface area (Å²) in [6.45, 7) is 2.05. The quantitative estimate of drug-likeness (QED) is 0.610. The molecule has 1 atom stereocenters. The van der Waals surface area contributed by atoms with E-state index >= 15 is 0 Å². The third kappa shape index (κ3) is 3.38. The number of carbonyl (C=O) groups excluding carboxylic acids is 1. The highest BCUT2D eigenvalue weighted by atomic mass is 32.2. The summed E-state index contributed by atoms with van der Waals surface area (Å²) in [6, 6.07) is 3.91. The van der Waals surface area contributed by atoms with Gasteiger partial charge in [-0.1, -0.05) is 11.8 Å². The largest absolute Gasteiger partial charge is 0.353 e. The smallest absolute Gasteiger partial charge is 0.230 e. The van der Waals surface area contributed by atoms with Crippen LogP contribution in [0.25, 0.3) is 11.4 Å². The van der Waals surface area contributed by atoms with E-state index in [1.807, 2.05) is 19.1 Å². The number of hydrogen-bond acceptors (Lipinski definition) is 6. The lowest BCUT2D eigenvalue weighted by Gasteiger charge is -2.12. The highest BCUT2D eigenvalue weighted by Crippen LogP contribution is 2.32. The lowest BCUT2D eigenvalue weighted by Crippen LogP contribution is -2.35. The lowest BCUT2D eigenvalue weighted by molar-refractivity contribution is -0.119. The second-order valence-corrected chi connectivity index (χ2v) is 6.34. The SMILES string of the molecule is C[C@H](NC(=O)CSc1nnc(-c2cccnc2)n1N)C1CC1. The van der Waals surface area contributed by atoms with Crippen LogP contribution in [0.3, 0.4) is 0 Å². The maximum atomic E-state index is 11.9. The van der Waals surface area contributed by atoms with E-state index in [-0.39, 0.29) is 17.7 Å². The van der Waals surface area contributed by atoms with Crippen molar-refractivity contribution >= 4 is 17.7 Å². The Morgan fingerprint density at radius 1 is 1.55 bits per heavy atom. The fourth-order valence-corrected chi connectivity index (χ4v) is 2.87. The molecule has 1 fully saturated rings. The third-order valence-corrected chi connectivity index (χ3v) is 4.58. The molecule has 1 saturated carbocycles. The zero-order valence-corrected chi connectivity index (χ0v) is 13.1. The Morgan fingerprint density at radius 3 is 3.05 bits per heavy atom. The van der Waals surface area contributed by atoms with Crippen LogP contribution >= 0.6 is 11.8 Å². The summed E-state index contributed by atoms with van der Waals surface area (Å²) in [5.41, 5.74) is 0.788. The standard InChI is InChI=1S/C14H18N6OS/c1-9(10-4-5-10)17-12(21)8-22-14-19-18-13(20(14)15)11-3-2-6-16-7-11/h2-3,6-7,9-10H,4-5,8,15H2,1H3,(H,17,21)/t9-/m0/s1. The summed E-state index contributed by atoms with van der Waals surface area (Å²) in [6.07, 6.45) is 5.77. The lowest BCUT2D eigenvalue weighted by atomic mass is 10.2. The van der Waals surface area contributed by atoms with Gasteiger partial charge in [-0.2, -0.15) is 0 Å². The molecule has 2 heterocycles. The van der Waals surface area contributed by atoms with Crippen molar-refractivity contribution in [1.29, 1.82) is 0 Å². The zero-order valence-electron chi connectivity index (χ0n) is 12.3. The molecular formula is C14H18N6OS. The molecular weight excluding hydrogens is 300 g/mol. The summed E-state index contributed by atoms with van der Waals surface area (Å²) in [4.78, 5) is 15.9. The molecule has 0 aliphatic heterocycles. The second-order valence-electron chi connectivity index (χ2n) is 5.40. The molecule has 3 N–H and O–H groups in total. The van der Waals surface area contributed by atoms with E-state index in [2.05, 4.69) is 20.5 Å². The first kappa shape index (κ1) is 14.8. The Kier molecular flexibility index (Phi) is 4.28. The van der Waals surface area contributed by atoms with Gasteiger partial charge in [0.15, 0.2) is 5.82 Å². The molecule has 0 bridgehead atoms. The Morgan fingerprint density at radius 2 is 2.36 bits per heavy atom. The molecule has 0 spiro atoms. The van der Waals surface area contributed by atoms with Gasteiger partial charge in [0.25, 0.3) is 0 Å². The molecule has 22 heavy (non-hydrogen) atoms. The van der Waals surface area contributed by atoms with Crippen molar-refractivity contribution < 1.29 is 4.79 Å². The first-order chi connectivity index (χ1) is 10.6. The molecule has 2 aromatic rings. The maximum Gasteiger partial charge on any atom is 0.230 e. The summed E-state index contributed by atoms with van der Waals surface area (Å²) in [5, 5.41) is 11.6. The van der Waals surface area contributed by atoms with Gasteiger partial charge in [-0.05, 0) is 37.8 Å².